The Morgan fingerprint density at radius 2 is 2.00 bits per heavy atom. The topological polar surface area (TPSA) is 55.1 Å². The Hall–Kier alpha value is -1.35. The molecule has 3 nitrogen and oxygen atoms in total. The summed E-state index contributed by atoms with van der Waals surface area (Å²) in [6, 6.07) is 6.43. The molecule has 1 amide bonds. The summed E-state index contributed by atoms with van der Waals surface area (Å²) in [5.74, 6) is 0.0864. The average Bonchev–Trinajstić information content (AvgIpc) is 2.28. The molecule has 0 aliphatic heterocycles. The van der Waals surface area contributed by atoms with Gasteiger partial charge in [0.05, 0.1) is 0 Å². The number of benzene rings is 1. The van der Waals surface area contributed by atoms with E-state index < -0.39 is 0 Å². The van der Waals surface area contributed by atoms with Crippen LogP contribution in [0, 0.1) is 13.8 Å². The maximum atomic E-state index is 11.7. The molecule has 0 bridgehead atoms. The minimum atomic E-state index is -0.273. The van der Waals surface area contributed by atoms with Gasteiger partial charge in [-0.25, -0.2) is 0 Å². The number of carbonyl (C=O) groups is 1. The molecule has 0 fully saturated rings. The molecule has 1 rings (SSSR count). The highest BCUT2D eigenvalue weighted by molar-refractivity contribution is 5.75. The molecule has 0 saturated heterocycles. The number of aryl methyl sites for hydroxylation is 2. The third kappa shape index (κ3) is 6.39. The van der Waals surface area contributed by atoms with Gasteiger partial charge in [-0.15, -0.1) is 0 Å². The number of hydrogen-bond acceptors (Lipinski definition) is 2. The van der Waals surface area contributed by atoms with E-state index >= 15 is 0 Å². The first-order chi connectivity index (χ1) is 8.78. The summed E-state index contributed by atoms with van der Waals surface area (Å²) in [5, 5.41) is 2.95. The first-order valence-corrected chi connectivity index (χ1v) is 6.90. The number of carbonyl (C=O) groups excluding carboxylic acids is 1. The van der Waals surface area contributed by atoms with Crippen LogP contribution < -0.4 is 11.1 Å². The predicted octanol–water partition coefficient (Wildman–Crippen LogP) is 2.48. The third-order valence-electron chi connectivity index (χ3n) is 3.21. The zero-order chi connectivity index (χ0) is 14.5. The Labute approximate surface area is 116 Å². The number of hydrogen-bond donors (Lipinski definition) is 2. The lowest BCUT2D eigenvalue weighted by molar-refractivity contribution is -0.121. The van der Waals surface area contributed by atoms with Crippen LogP contribution in [0.3, 0.4) is 0 Å². The van der Waals surface area contributed by atoms with E-state index in [9.17, 15) is 4.79 Å². The normalized spacial score (nSPS) is 11.4. The van der Waals surface area contributed by atoms with Crippen molar-refractivity contribution in [1.29, 1.82) is 0 Å². The summed E-state index contributed by atoms with van der Waals surface area (Å²) in [5.41, 5.74) is 9.44. The summed E-state index contributed by atoms with van der Waals surface area (Å²) >= 11 is 0. The Morgan fingerprint density at radius 1 is 1.32 bits per heavy atom. The molecule has 0 aliphatic carbocycles. The Bertz CT molecular complexity index is 433. The molecule has 3 N–H and O–H groups in total. The Kier molecular flexibility index (Phi) is 5.55. The van der Waals surface area contributed by atoms with Crippen molar-refractivity contribution in [3.8, 4) is 0 Å². The molecule has 0 aliphatic rings. The fraction of sp³-hybridized carbons (Fsp3) is 0.562. The molecule has 0 saturated carbocycles. The smallest absolute Gasteiger partial charge is 0.220 e. The van der Waals surface area contributed by atoms with Crippen LogP contribution in [-0.4, -0.2) is 18.0 Å². The number of nitrogens with two attached hydrogens (primary N) is 1. The van der Waals surface area contributed by atoms with Gasteiger partial charge in [0.2, 0.25) is 5.91 Å². The van der Waals surface area contributed by atoms with E-state index in [1.54, 1.807) is 0 Å². The first-order valence-electron chi connectivity index (χ1n) is 6.90. The molecule has 1 aromatic carbocycles. The van der Waals surface area contributed by atoms with Crippen LogP contribution in [0.1, 0.15) is 43.4 Å². The summed E-state index contributed by atoms with van der Waals surface area (Å²) in [7, 11) is 0. The molecule has 0 atom stereocenters. The molecule has 0 aromatic heterocycles. The van der Waals surface area contributed by atoms with E-state index in [4.69, 9.17) is 5.73 Å². The summed E-state index contributed by atoms with van der Waals surface area (Å²) in [6.07, 6.45) is 2.09. The van der Waals surface area contributed by atoms with Crippen molar-refractivity contribution in [2.75, 3.05) is 6.54 Å². The van der Waals surface area contributed by atoms with E-state index in [2.05, 4.69) is 37.4 Å². The van der Waals surface area contributed by atoms with E-state index in [-0.39, 0.29) is 11.4 Å². The minimum absolute atomic E-state index is 0.0864. The monoisotopic (exact) mass is 262 g/mol. The second-order valence-electron chi connectivity index (χ2n) is 6.02. The molecule has 0 heterocycles. The highest BCUT2D eigenvalue weighted by atomic mass is 16.1. The fourth-order valence-corrected chi connectivity index (χ4v) is 1.99. The SMILES string of the molecule is Cc1ccc(CCNC(=O)CCC(C)(C)N)c(C)c1. The average molecular weight is 262 g/mol. The van der Waals surface area contributed by atoms with Gasteiger partial charge in [-0.3, -0.25) is 4.79 Å². The molecule has 0 unspecified atom stereocenters. The lowest BCUT2D eigenvalue weighted by Crippen LogP contribution is -2.34. The van der Waals surface area contributed by atoms with Gasteiger partial charge in [0.1, 0.15) is 0 Å². The number of rotatable bonds is 6. The zero-order valence-corrected chi connectivity index (χ0v) is 12.5. The van der Waals surface area contributed by atoms with E-state index in [0.717, 1.165) is 6.42 Å². The second-order valence-corrected chi connectivity index (χ2v) is 6.02. The van der Waals surface area contributed by atoms with Crippen molar-refractivity contribution in [1.82, 2.24) is 5.32 Å². The van der Waals surface area contributed by atoms with Gasteiger partial charge in [0, 0.05) is 18.5 Å². The lowest BCUT2D eigenvalue weighted by atomic mass is 10.00. The van der Waals surface area contributed by atoms with Crippen LogP contribution in [0.5, 0.6) is 0 Å². The third-order valence-corrected chi connectivity index (χ3v) is 3.21. The highest BCUT2D eigenvalue weighted by Gasteiger charge is 2.12. The maximum absolute atomic E-state index is 11.7. The van der Waals surface area contributed by atoms with Gasteiger partial charge < -0.3 is 11.1 Å². The quantitative estimate of drug-likeness (QED) is 0.827. The van der Waals surface area contributed by atoms with Crippen molar-refractivity contribution in [2.45, 2.75) is 52.5 Å². The Balaban J connectivity index is 2.32. The molecule has 106 valence electrons. The van der Waals surface area contributed by atoms with Gasteiger partial charge >= 0.3 is 0 Å². The van der Waals surface area contributed by atoms with Gasteiger partial charge in [-0.05, 0) is 51.7 Å². The Morgan fingerprint density at radius 3 is 2.58 bits per heavy atom. The molecule has 1 aromatic rings. The van der Waals surface area contributed by atoms with Crippen LogP contribution >= 0.6 is 0 Å². The van der Waals surface area contributed by atoms with Crippen molar-refractivity contribution < 1.29 is 4.79 Å². The lowest BCUT2D eigenvalue weighted by Gasteiger charge is -2.17. The molecule has 3 heteroatoms. The van der Waals surface area contributed by atoms with Crippen molar-refractivity contribution in [3.63, 3.8) is 0 Å². The van der Waals surface area contributed by atoms with Crippen LogP contribution in [0.2, 0.25) is 0 Å². The van der Waals surface area contributed by atoms with E-state index in [1.165, 1.54) is 16.7 Å². The number of amides is 1. The predicted molar refractivity (Wildman–Crippen MR) is 80.1 cm³/mol. The largest absolute Gasteiger partial charge is 0.356 e. The van der Waals surface area contributed by atoms with Gasteiger partial charge in [0.25, 0.3) is 0 Å². The molecule has 0 radical (unpaired) electrons. The van der Waals surface area contributed by atoms with E-state index in [1.807, 2.05) is 13.8 Å². The van der Waals surface area contributed by atoms with Crippen LogP contribution in [0.15, 0.2) is 18.2 Å². The van der Waals surface area contributed by atoms with Crippen LogP contribution in [0.25, 0.3) is 0 Å². The zero-order valence-electron chi connectivity index (χ0n) is 12.5. The van der Waals surface area contributed by atoms with Gasteiger partial charge in [-0.2, -0.15) is 0 Å². The van der Waals surface area contributed by atoms with Crippen molar-refractivity contribution in [3.05, 3.63) is 34.9 Å². The highest BCUT2D eigenvalue weighted by Crippen LogP contribution is 2.11. The van der Waals surface area contributed by atoms with Crippen molar-refractivity contribution >= 4 is 5.91 Å². The summed E-state index contributed by atoms with van der Waals surface area (Å²) < 4.78 is 0. The van der Waals surface area contributed by atoms with E-state index in [0.29, 0.717) is 19.4 Å². The fourth-order valence-electron chi connectivity index (χ4n) is 1.99. The van der Waals surface area contributed by atoms with Crippen LogP contribution in [-0.2, 0) is 11.2 Å². The van der Waals surface area contributed by atoms with Gasteiger partial charge in [0.15, 0.2) is 0 Å². The summed E-state index contributed by atoms with van der Waals surface area (Å²) in [4.78, 5) is 11.7. The summed E-state index contributed by atoms with van der Waals surface area (Å²) in [6.45, 7) is 8.77. The second kappa shape index (κ2) is 6.71. The number of nitrogens with one attached hydrogen (secondary N) is 1. The standard InChI is InChI=1S/C16H26N2O/c1-12-5-6-14(13(2)11-12)8-10-18-15(19)7-9-16(3,4)17/h5-6,11H,7-10,17H2,1-4H3,(H,18,19). The molecular weight excluding hydrogens is 236 g/mol. The van der Waals surface area contributed by atoms with Crippen LogP contribution in [0.4, 0.5) is 0 Å². The van der Waals surface area contributed by atoms with Gasteiger partial charge in [-0.1, -0.05) is 23.8 Å². The minimum Gasteiger partial charge on any atom is -0.356 e. The molecule has 19 heavy (non-hydrogen) atoms. The maximum Gasteiger partial charge on any atom is 0.220 e. The van der Waals surface area contributed by atoms with Crippen molar-refractivity contribution in [2.24, 2.45) is 5.73 Å². The first kappa shape index (κ1) is 15.7. The molecular formula is C16H26N2O. The molecule has 0 spiro atoms.